The molecule has 1 aromatic heterocycles. The molecule has 1 heterocycles. The Kier molecular flexibility index (Phi) is 10.8. The number of methoxy groups -OCH3 is 2. The number of hydrogen-bond acceptors (Lipinski definition) is 10. The smallest absolute Gasteiger partial charge is 0.408 e. The quantitative estimate of drug-likeness (QED) is 0.170. The number of ether oxygens (including phenoxy) is 4. The fraction of sp³-hybridized carbons (Fsp3) is 0.281. The van der Waals surface area contributed by atoms with Crippen molar-refractivity contribution in [3.8, 4) is 11.5 Å². The van der Waals surface area contributed by atoms with Crippen molar-refractivity contribution in [2.24, 2.45) is 0 Å². The van der Waals surface area contributed by atoms with Crippen molar-refractivity contribution in [1.29, 1.82) is 0 Å². The zero-order chi connectivity index (χ0) is 33.4. The third-order valence-corrected chi connectivity index (χ3v) is 6.63. The van der Waals surface area contributed by atoms with E-state index in [1.807, 2.05) is 0 Å². The Labute approximate surface area is 269 Å². The molecule has 0 aliphatic heterocycles. The molecule has 12 nitrogen and oxygen atoms in total. The number of benzene rings is 3. The van der Waals surface area contributed by atoms with E-state index in [9.17, 15) is 18.8 Å². The van der Waals surface area contributed by atoms with Gasteiger partial charge < -0.3 is 34.9 Å². The van der Waals surface area contributed by atoms with Crippen molar-refractivity contribution in [2.75, 3.05) is 31.5 Å². The standard InChI is InChI=1S/C32H33ClFN5O7/c1-32(2,3)46-31(42)39-24(30(41)44-5)13-18-9-11-19(12-10-18)37-27(40)16-45-26-14-20-23(15-25(26)43-4)35-17-36-29(20)38-22-8-6-7-21(33)28(22)34/h6-12,14-15,17,24H,13,16H2,1-5H3,(H,37,40)(H,39,42)(H,35,36,38)/t24-/m0/s1. The van der Waals surface area contributed by atoms with Gasteiger partial charge in [-0.05, 0) is 56.7 Å². The molecule has 0 aliphatic carbocycles. The summed E-state index contributed by atoms with van der Waals surface area (Å²) in [6.07, 6.45) is 0.707. The van der Waals surface area contributed by atoms with Gasteiger partial charge >= 0.3 is 12.1 Å². The number of anilines is 3. The van der Waals surface area contributed by atoms with Crippen LogP contribution < -0.4 is 25.4 Å². The predicted octanol–water partition coefficient (Wildman–Crippen LogP) is 5.80. The van der Waals surface area contributed by atoms with Gasteiger partial charge in [-0.2, -0.15) is 0 Å². The Morgan fingerprint density at radius 1 is 1.00 bits per heavy atom. The van der Waals surface area contributed by atoms with Crippen LogP contribution in [0.3, 0.4) is 0 Å². The topological polar surface area (TPSA) is 150 Å². The van der Waals surface area contributed by atoms with Crippen LogP contribution in [0.1, 0.15) is 26.3 Å². The number of carbonyl (C=O) groups is 3. The van der Waals surface area contributed by atoms with Gasteiger partial charge in [0.15, 0.2) is 23.9 Å². The van der Waals surface area contributed by atoms with Crippen molar-refractivity contribution in [3.05, 3.63) is 77.3 Å². The lowest BCUT2D eigenvalue weighted by atomic mass is 10.1. The molecular formula is C32H33ClFN5O7. The predicted molar refractivity (Wildman–Crippen MR) is 170 cm³/mol. The van der Waals surface area contributed by atoms with Crippen LogP contribution in [0.5, 0.6) is 11.5 Å². The van der Waals surface area contributed by atoms with Gasteiger partial charge in [0.05, 0.1) is 30.4 Å². The molecule has 0 fully saturated rings. The first-order valence-corrected chi connectivity index (χ1v) is 14.4. The lowest BCUT2D eigenvalue weighted by Crippen LogP contribution is -2.45. The Hall–Kier alpha value is -5.17. The first-order chi connectivity index (χ1) is 21.9. The van der Waals surface area contributed by atoms with Crippen LogP contribution in [0.25, 0.3) is 10.9 Å². The summed E-state index contributed by atoms with van der Waals surface area (Å²) in [5.74, 6) is -0.877. The fourth-order valence-corrected chi connectivity index (χ4v) is 4.42. The van der Waals surface area contributed by atoms with Gasteiger partial charge in [0, 0.05) is 23.6 Å². The first-order valence-electron chi connectivity index (χ1n) is 14.0. The van der Waals surface area contributed by atoms with Crippen LogP contribution in [0, 0.1) is 5.82 Å². The molecule has 0 spiro atoms. The number of halogens is 2. The molecule has 0 saturated heterocycles. The maximum Gasteiger partial charge on any atom is 0.408 e. The Morgan fingerprint density at radius 3 is 2.41 bits per heavy atom. The zero-order valence-corrected chi connectivity index (χ0v) is 26.5. The number of esters is 1. The molecule has 4 aromatic rings. The number of hydrogen-bond donors (Lipinski definition) is 3. The number of alkyl carbamates (subject to hydrolysis) is 1. The van der Waals surface area contributed by atoms with Gasteiger partial charge in [-0.3, -0.25) is 4.79 Å². The van der Waals surface area contributed by atoms with E-state index in [1.54, 1.807) is 63.2 Å². The summed E-state index contributed by atoms with van der Waals surface area (Å²) < 4.78 is 35.8. The van der Waals surface area contributed by atoms with Gasteiger partial charge in [0.1, 0.15) is 23.8 Å². The molecule has 46 heavy (non-hydrogen) atoms. The molecular weight excluding hydrogens is 621 g/mol. The second kappa shape index (κ2) is 14.7. The highest BCUT2D eigenvalue weighted by atomic mass is 35.5. The Bertz CT molecular complexity index is 1730. The van der Waals surface area contributed by atoms with Gasteiger partial charge in [0.25, 0.3) is 5.91 Å². The van der Waals surface area contributed by atoms with Crippen molar-refractivity contribution in [1.82, 2.24) is 15.3 Å². The van der Waals surface area contributed by atoms with Gasteiger partial charge in [-0.1, -0.05) is 29.8 Å². The largest absolute Gasteiger partial charge is 0.493 e. The van der Waals surface area contributed by atoms with Crippen molar-refractivity contribution in [3.63, 3.8) is 0 Å². The second-order valence-corrected chi connectivity index (χ2v) is 11.3. The van der Waals surface area contributed by atoms with Crippen molar-refractivity contribution < 1.29 is 37.7 Å². The molecule has 0 saturated carbocycles. The van der Waals surface area contributed by atoms with E-state index >= 15 is 0 Å². The lowest BCUT2D eigenvalue weighted by molar-refractivity contribution is -0.143. The molecule has 242 valence electrons. The lowest BCUT2D eigenvalue weighted by Gasteiger charge is -2.22. The molecule has 3 N–H and O–H groups in total. The number of nitrogens with zero attached hydrogens (tertiary/aromatic N) is 2. The number of amides is 2. The van der Waals surface area contributed by atoms with Crippen LogP contribution in [-0.4, -0.2) is 60.4 Å². The molecule has 3 aromatic carbocycles. The van der Waals surface area contributed by atoms with Gasteiger partial charge in [-0.15, -0.1) is 0 Å². The number of carbonyl (C=O) groups excluding carboxylic acids is 3. The molecule has 0 bridgehead atoms. The first kappa shape index (κ1) is 33.7. The minimum absolute atomic E-state index is 0.0460. The Balaban J connectivity index is 1.41. The average molecular weight is 654 g/mol. The van der Waals surface area contributed by atoms with E-state index in [1.165, 1.54) is 32.7 Å². The molecule has 1 atom stereocenters. The number of rotatable bonds is 11. The SMILES string of the molecule is COC(=O)[C@H](Cc1ccc(NC(=O)COc2cc3c(Nc4cccc(Cl)c4F)ncnc3cc2OC)cc1)NC(=O)OC(C)(C)C. The summed E-state index contributed by atoms with van der Waals surface area (Å²) in [7, 11) is 2.68. The van der Waals surface area contributed by atoms with Crippen LogP contribution in [0.4, 0.5) is 26.4 Å². The monoisotopic (exact) mass is 653 g/mol. The summed E-state index contributed by atoms with van der Waals surface area (Å²) in [6, 6.07) is 13.5. The second-order valence-electron chi connectivity index (χ2n) is 10.9. The van der Waals surface area contributed by atoms with Gasteiger partial charge in [0.2, 0.25) is 0 Å². The zero-order valence-electron chi connectivity index (χ0n) is 25.8. The number of aromatic nitrogens is 2. The van der Waals surface area contributed by atoms with Crippen LogP contribution in [-0.2, 0) is 25.5 Å². The fourth-order valence-electron chi connectivity index (χ4n) is 4.25. The summed E-state index contributed by atoms with van der Waals surface area (Å²) in [6.45, 7) is 4.77. The summed E-state index contributed by atoms with van der Waals surface area (Å²) in [5, 5.41) is 8.63. The van der Waals surface area contributed by atoms with Crippen LogP contribution in [0.15, 0.2) is 60.9 Å². The third-order valence-electron chi connectivity index (χ3n) is 6.34. The highest BCUT2D eigenvalue weighted by Gasteiger charge is 2.25. The summed E-state index contributed by atoms with van der Waals surface area (Å²) in [4.78, 5) is 45.7. The minimum atomic E-state index is -0.976. The van der Waals surface area contributed by atoms with E-state index in [2.05, 4.69) is 25.9 Å². The number of fused-ring (bicyclic) bond motifs is 1. The summed E-state index contributed by atoms with van der Waals surface area (Å²) in [5.41, 5.74) is 1.05. The molecule has 2 amide bonds. The van der Waals surface area contributed by atoms with E-state index in [0.29, 0.717) is 33.7 Å². The molecule has 0 aliphatic rings. The van der Waals surface area contributed by atoms with E-state index in [0.717, 1.165) is 0 Å². The maximum atomic E-state index is 14.5. The molecule has 0 radical (unpaired) electrons. The van der Waals surface area contributed by atoms with Crippen molar-refractivity contribution >= 4 is 57.7 Å². The normalized spacial score (nSPS) is 11.7. The van der Waals surface area contributed by atoms with Crippen LogP contribution >= 0.6 is 11.6 Å². The van der Waals surface area contributed by atoms with Crippen molar-refractivity contribution in [2.45, 2.75) is 38.8 Å². The molecule has 4 rings (SSSR count). The van der Waals surface area contributed by atoms with E-state index < -0.39 is 35.4 Å². The van der Waals surface area contributed by atoms with E-state index in [4.69, 9.17) is 30.5 Å². The Morgan fingerprint density at radius 2 is 1.74 bits per heavy atom. The highest BCUT2D eigenvalue weighted by Crippen LogP contribution is 2.35. The van der Waals surface area contributed by atoms with Gasteiger partial charge in [-0.25, -0.2) is 23.9 Å². The average Bonchev–Trinajstić information content (AvgIpc) is 3.01. The molecule has 0 unspecified atom stereocenters. The third kappa shape index (κ3) is 8.94. The summed E-state index contributed by atoms with van der Waals surface area (Å²) >= 11 is 5.91. The minimum Gasteiger partial charge on any atom is -0.493 e. The maximum absolute atomic E-state index is 14.5. The molecule has 14 heteroatoms. The number of nitrogens with one attached hydrogen (secondary N) is 3. The van der Waals surface area contributed by atoms with E-state index in [-0.39, 0.29) is 29.5 Å². The highest BCUT2D eigenvalue weighted by molar-refractivity contribution is 6.31. The van der Waals surface area contributed by atoms with Crippen LogP contribution in [0.2, 0.25) is 5.02 Å².